The number of hydrogen-bond donors (Lipinski definition) is 1. The average molecular weight is 266 g/mol. The predicted molar refractivity (Wildman–Crippen MR) is 70.4 cm³/mol. The van der Waals surface area contributed by atoms with E-state index in [1.165, 1.54) is 6.07 Å². The van der Waals surface area contributed by atoms with Crippen molar-refractivity contribution in [3.8, 4) is 0 Å². The van der Waals surface area contributed by atoms with Gasteiger partial charge in [-0.15, -0.1) is 0 Å². The fraction of sp³-hybridized carbons (Fsp3) is 0.571. The maximum absolute atomic E-state index is 13.8. The highest BCUT2D eigenvalue weighted by atomic mass is 19.1. The van der Waals surface area contributed by atoms with Gasteiger partial charge >= 0.3 is 0 Å². The van der Waals surface area contributed by atoms with Gasteiger partial charge in [-0.3, -0.25) is 0 Å². The molecule has 0 aliphatic carbocycles. The zero-order chi connectivity index (χ0) is 13.3. The molecule has 19 heavy (non-hydrogen) atoms. The Morgan fingerprint density at radius 3 is 2.84 bits per heavy atom. The van der Waals surface area contributed by atoms with Crippen LogP contribution in [-0.2, 0) is 16.0 Å². The van der Waals surface area contributed by atoms with Gasteiger partial charge in [0, 0.05) is 30.8 Å². The Labute approximate surface area is 112 Å². The minimum Gasteiger partial charge on any atom is -0.366 e. The standard InChI is InChI=1S/C14H19FN2O2/c15-12-3-1-4-13(11(12)9-16)17-6-2-5-14(10-17)18-7-8-19-14/h1,3-4H,2,5-10,16H2. The number of anilines is 1. The van der Waals surface area contributed by atoms with Crippen molar-refractivity contribution in [1.29, 1.82) is 0 Å². The quantitative estimate of drug-likeness (QED) is 0.884. The van der Waals surface area contributed by atoms with Gasteiger partial charge in [0.05, 0.1) is 19.8 Å². The third-order valence-electron chi connectivity index (χ3n) is 3.87. The van der Waals surface area contributed by atoms with Crippen LogP contribution in [0.3, 0.4) is 0 Å². The van der Waals surface area contributed by atoms with Crippen LogP contribution in [0.25, 0.3) is 0 Å². The first-order valence-corrected chi connectivity index (χ1v) is 6.74. The van der Waals surface area contributed by atoms with E-state index < -0.39 is 5.79 Å². The van der Waals surface area contributed by atoms with E-state index in [-0.39, 0.29) is 12.4 Å². The van der Waals surface area contributed by atoms with E-state index in [1.807, 2.05) is 6.07 Å². The highest BCUT2D eigenvalue weighted by Gasteiger charge is 2.41. The first-order chi connectivity index (χ1) is 9.24. The van der Waals surface area contributed by atoms with Gasteiger partial charge in [-0.2, -0.15) is 0 Å². The SMILES string of the molecule is NCc1c(F)cccc1N1CCCC2(C1)OCCO2. The monoisotopic (exact) mass is 266 g/mol. The molecule has 0 aromatic heterocycles. The Morgan fingerprint density at radius 2 is 2.11 bits per heavy atom. The summed E-state index contributed by atoms with van der Waals surface area (Å²) in [5.41, 5.74) is 7.10. The van der Waals surface area contributed by atoms with Crippen molar-refractivity contribution in [3.05, 3.63) is 29.6 Å². The van der Waals surface area contributed by atoms with E-state index >= 15 is 0 Å². The Morgan fingerprint density at radius 1 is 1.32 bits per heavy atom. The summed E-state index contributed by atoms with van der Waals surface area (Å²) in [5, 5.41) is 0. The van der Waals surface area contributed by atoms with Crippen molar-refractivity contribution in [2.75, 3.05) is 31.2 Å². The molecule has 0 radical (unpaired) electrons. The molecule has 4 nitrogen and oxygen atoms in total. The molecule has 104 valence electrons. The van der Waals surface area contributed by atoms with Crippen LogP contribution in [0.15, 0.2) is 18.2 Å². The van der Waals surface area contributed by atoms with Crippen LogP contribution in [0.4, 0.5) is 10.1 Å². The molecule has 3 rings (SSSR count). The molecule has 2 aliphatic heterocycles. The summed E-state index contributed by atoms with van der Waals surface area (Å²) in [6.07, 6.45) is 1.87. The Balaban J connectivity index is 1.87. The molecule has 1 aromatic carbocycles. The second kappa shape index (κ2) is 5.07. The lowest BCUT2D eigenvalue weighted by Gasteiger charge is -2.40. The molecular formula is C14H19FN2O2. The van der Waals surface area contributed by atoms with Gasteiger partial charge in [0.1, 0.15) is 5.82 Å². The summed E-state index contributed by atoms with van der Waals surface area (Å²) >= 11 is 0. The molecule has 0 unspecified atom stereocenters. The Kier molecular flexibility index (Phi) is 3.43. The fourth-order valence-electron chi connectivity index (χ4n) is 2.97. The van der Waals surface area contributed by atoms with Crippen molar-refractivity contribution in [2.24, 2.45) is 5.73 Å². The number of hydrogen-bond acceptors (Lipinski definition) is 4. The summed E-state index contributed by atoms with van der Waals surface area (Å²) in [6, 6.07) is 5.09. The lowest BCUT2D eigenvalue weighted by molar-refractivity contribution is -0.161. The van der Waals surface area contributed by atoms with Crippen LogP contribution in [0.5, 0.6) is 0 Å². The molecule has 5 heteroatoms. The van der Waals surface area contributed by atoms with Crippen molar-refractivity contribution >= 4 is 5.69 Å². The van der Waals surface area contributed by atoms with E-state index in [9.17, 15) is 4.39 Å². The fourth-order valence-corrected chi connectivity index (χ4v) is 2.97. The van der Waals surface area contributed by atoms with Crippen LogP contribution in [0.1, 0.15) is 18.4 Å². The number of nitrogens with zero attached hydrogens (tertiary/aromatic N) is 1. The van der Waals surface area contributed by atoms with E-state index in [1.54, 1.807) is 6.07 Å². The van der Waals surface area contributed by atoms with Crippen LogP contribution in [0.2, 0.25) is 0 Å². The Bertz CT molecular complexity index is 461. The van der Waals surface area contributed by atoms with Crippen LogP contribution in [0, 0.1) is 5.82 Å². The van der Waals surface area contributed by atoms with Crippen LogP contribution < -0.4 is 10.6 Å². The molecule has 1 spiro atoms. The highest BCUT2D eigenvalue weighted by molar-refractivity contribution is 5.54. The number of ether oxygens (including phenoxy) is 2. The van der Waals surface area contributed by atoms with Crippen molar-refractivity contribution < 1.29 is 13.9 Å². The van der Waals surface area contributed by atoms with Crippen molar-refractivity contribution in [2.45, 2.75) is 25.2 Å². The summed E-state index contributed by atoms with van der Waals surface area (Å²) < 4.78 is 25.3. The van der Waals surface area contributed by atoms with Crippen LogP contribution >= 0.6 is 0 Å². The zero-order valence-electron chi connectivity index (χ0n) is 10.9. The Hall–Kier alpha value is -1.17. The van der Waals surface area contributed by atoms with E-state index in [4.69, 9.17) is 15.2 Å². The highest BCUT2D eigenvalue weighted by Crippen LogP contribution is 2.34. The number of piperidine rings is 1. The van der Waals surface area contributed by atoms with Gasteiger partial charge in [0.2, 0.25) is 0 Å². The lowest BCUT2D eigenvalue weighted by atomic mass is 10.0. The second-order valence-electron chi connectivity index (χ2n) is 5.07. The first-order valence-electron chi connectivity index (χ1n) is 6.74. The van der Waals surface area contributed by atoms with Crippen molar-refractivity contribution in [3.63, 3.8) is 0 Å². The molecule has 2 N–H and O–H groups in total. The minimum atomic E-state index is -0.504. The third kappa shape index (κ3) is 2.33. The molecule has 2 fully saturated rings. The third-order valence-corrected chi connectivity index (χ3v) is 3.87. The number of nitrogens with two attached hydrogens (primary N) is 1. The molecule has 1 aromatic rings. The molecule has 2 saturated heterocycles. The maximum Gasteiger partial charge on any atom is 0.186 e. The van der Waals surface area contributed by atoms with Gasteiger partial charge in [0.25, 0.3) is 0 Å². The first kappa shape index (κ1) is 12.8. The van der Waals surface area contributed by atoms with Gasteiger partial charge < -0.3 is 20.1 Å². The number of rotatable bonds is 2. The summed E-state index contributed by atoms with van der Waals surface area (Å²) in [5.74, 6) is -0.746. The van der Waals surface area contributed by atoms with Gasteiger partial charge in [-0.05, 0) is 18.6 Å². The van der Waals surface area contributed by atoms with Gasteiger partial charge in [0.15, 0.2) is 5.79 Å². The molecular weight excluding hydrogens is 247 g/mol. The molecule has 2 heterocycles. The normalized spacial score (nSPS) is 22.1. The summed E-state index contributed by atoms with van der Waals surface area (Å²) in [7, 11) is 0. The van der Waals surface area contributed by atoms with Gasteiger partial charge in [-0.25, -0.2) is 4.39 Å². The summed E-state index contributed by atoms with van der Waals surface area (Å²) in [6.45, 7) is 3.00. The number of benzene rings is 1. The number of halogens is 1. The van der Waals surface area contributed by atoms with E-state index in [0.29, 0.717) is 25.3 Å². The topological polar surface area (TPSA) is 47.7 Å². The maximum atomic E-state index is 13.8. The molecule has 0 amide bonds. The molecule has 0 atom stereocenters. The second-order valence-corrected chi connectivity index (χ2v) is 5.07. The van der Waals surface area contributed by atoms with Crippen molar-refractivity contribution in [1.82, 2.24) is 0 Å². The molecule has 2 aliphatic rings. The largest absolute Gasteiger partial charge is 0.366 e. The lowest BCUT2D eigenvalue weighted by Crippen LogP contribution is -2.49. The average Bonchev–Trinajstić information content (AvgIpc) is 2.86. The van der Waals surface area contributed by atoms with Gasteiger partial charge in [-0.1, -0.05) is 6.07 Å². The summed E-state index contributed by atoms with van der Waals surface area (Å²) in [4.78, 5) is 2.13. The minimum absolute atomic E-state index is 0.202. The zero-order valence-corrected chi connectivity index (χ0v) is 10.9. The molecule has 0 bridgehead atoms. The molecule has 0 saturated carbocycles. The predicted octanol–water partition coefficient (Wildman–Crippen LogP) is 1.63. The van der Waals surface area contributed by atoms with Crippen LogP contribution in [-0.4, -0.2) is 32.1 Å². The van der Waals surface area contributed by atoms with E-state index in [2.05, 4.69) is 4.90 Å². The smallest absolute Gasteiger partial charge is 0.186 e. The van der Waals surface area contributed by atoms with E-state index in [0.717, 1.165) is 25.1 Å².